The van der Waals surface area contributed by atoms with Crippen LogP contribution in [0.15, 0.2) is 36.4 Å². The number of nitrogens with two attached hydrogens (primary N) is 1. The lowest BCUT2D eigenvalue weighted by Crippen LogP contribution is -2.17. The molecule has 0 aliphatic carbocycles. The zero-order valence-corrected chi connectivity index (χ0v) is 10.9. The van der Waals surface area contributed by atoms with Gasteiger partial charge in [0.2, 0.25) is 0 Å². The molecule has 0 spiro atoms. The average molecular weight is 301 g/mol. The normalized spacial score (nSPS) is 11.3. The van der Waals surface area contributed by atoms with E-state index in [0.717, 1.165) is 12.1 Å². The molecule has 0 heterocycles. The topological polar surface area (TPSA) is 44.5 Å². The highest BCUT2D eigenvalue weighted by Crippen LogP contribution is 2.37. The van der Waals surface area contributed by atoms with Crippen molar-refractivity contribution in [2.45, 2.75) is 6.36 Å². The molecule has 0 aliphatic rings. The molecule has 0 unspecified atom stereocenters. The maximum Gasteiger partial charge on any atom is 0.573 e. The molecule has 7 heteroatoms. The fourth-order valence-corrected chi connectivity index (χ4v) is 1.84. The van der Waals surface area contributed by atoms with Gasteiger partial charge in [-0.2, -0.15) is 0 Å². The van der Waals surface area contributed by atoms with Gasteiger partial charge in [-0.3, -0.25) is 0 Å². The summed E-state index contributed by atoms with van der Waals surface area (Å²) in [5.41, 5.74) is 5.50. The largest absolute Gasteiger partial charge is 0.573 e. The second-order valence-electron chi connectivity index (χ2n) is 4.12. The molecule has 0 radical (unpaired) electrons. The molecule has 0 amide bonds. The molecule has 2 aromatic rings. The van der Waals surface area contributed by atoms with E-state index in [4.69, 9.17) is 10.5 Å². The maximum atomic E-state index is 13.7. The number of methoxy groups -OCH3 is 1. The zero-order chi connectivity index (χ0) is 15.6. The number of ether oxygens (including phenoxy) is 2. The summed E-state index contributed by atoms with van der Waals surface area (Å²) in [5, 5.41) is 0. The van der Waals surface area contributed by atoms with Crippen LogP contribution in [0.25, 0.3) is 11.1 Å². The van der Waals surface area contributed by atoms with E-state index in [1.165, 1.54) is 31.4 Å². The van der Waals surface area contributed by atoms with E-state index in [9.17, 15) is 17.6 Å². The van der Waals surface area contributed by atoms with Gasteiger partial charge in [0.1, 0.15) is 17.2 Å². The SMILES string of the molecule is COc1cc(-c2ccccc2OC(F)(F)F)cc(F)c1N. The third kappa shape index (κ3) is 3.36. The molecule has 112 valence electrons. The van der Waals surface area contributed by atoms with Gasteiger partial charge >= 0.3 is 6.36 Å². The first kappa shape index (κ1) is 15.0. The predicted octanol–water partition coefficient (Wildman–Crippen LogP) is 3.98. The summed E-state index contributed by atoms with van der Waals surface area (Å²) in [6.45, 7) is 0. The Labute approximate surface area is 117 Å². The Balaban J connectivity index is 2.55. The van der Waals surface area contributed by atoms with Crippen LogP contribution in [0.4, 0.5) is 23.2 Å². The molecule has 0 bridgehead atoms. The van der Waals surface area contributed by atoms with Crippen molar-refractivity contribution in [1.29, 1.82) is 0 Å². The summed E-state index contributed by atoms with van der Waals surface area (Å²) in [6.07, 6.45) is -4.84. The number of benzene rings is 2. The van der Waals surface area contributed by atoms with E-state index in [-0.39, 0.29) is 22.6 Å². The molecule has 2 N–H and O–H groups in total. The number of halogens is 4. The van der Waals surface area contributed by atoms with Crippen LogP contribution >= 0.6 is 0 Å². The number of hydrogen-bond donors (Lipinski definition) is 1. The Hall–Kier alpha value is -2.44. The van der Waals surface area contributed by atoms with Gasteiger partial charge in [0.15, 0.2) is 5.82 Å². The van der Waals surface area contributed by atoms with Crippen molar-refractivity contribution in [2.75, 3.05) is 12.8 Å². The molecule has 0 fully saturated rings. The Morgan fingerprint density at radius 2 is 1.71 bits per heavy atom. The van der Waals surface area contributed by atoms with E-state index in [1.807, 2.05) is 0 Å². The van der Waals surface area contributed by atoms with Gasteiger partial charge in [-0.1, -0.05) is 18.2 Å². The van der Waals surface area contributed by atoms with Gasteiger partial charge in [0, 0.05) is 5.56 Å². The van der Waals surface area contributed by atoms with Crippen molar-refractivity contribution in [3.05, 3.63) is 42.2 Å². The van der Waals surface area contributed by atoms with Gasteiger partial charge in [0.25, 0.3) is 0 Å². The van der Waals surface area contributed by atoms with Crippen molar-refractivity contribution in [3.63, 3.8) is 0 Å². The van der Waals surface area contributed by atoms with Crippen LogP contribution in [0.2, 0.25) is 0 Å². The van der Waals surface area contributed by atoms with Gasteiger partial charge in [-0.05, 0) is 23.8 Å². The summed E-state index contributed by atoms with van der Waals surface area (Å²) in [4.78, 5) is 0. The first-order valence-electron chi connectivity index (χ1n) is 5.80. The molecule has 0 aromatic heterocycles. The van der Waals surface area contributed by atoms with Crippen LogP contribution in [0.1, 0.15) is 0 Å². The third-order valence-electron chi connectivity index (χ3n) is 2.74. The molecule has 0 saturated carbocycles. The van der Waals surface area contributed by atoms with Crippen LogP contribution in [0, 0.1) is 5.82 Å². The molecular weight excluding hydrogens is 290 g/mol. The molecule has 0 saturated heterocycles. The van der Waals surface area contributed by atoms with Crippen molar-refractivity contribution in [1.82, 2.24) is 0 Å². The number of rotatable bonds is 3. The first-order valence-corrected chi connectivity index (χ1v) is 5.80. The lowest BCUT2D eigenvalue weighted by Gasteiger charge is -2.14. The van der Waals surface area contributed by atoms with E-state index >= 15 is 0 Å². The van der Waals surface area contributed by atoms with Crippen molar-refractivity contribution >= 4 is 5.69 Å². The molecule has 0 aliphatic heterocycles. The quantitative estimate of drug-likeness (QED) is 0.689. The lowest BCUT2D eigenvalue weighted by molar-refractivity contribution is -0.274. The molecule has 21 heavy (non-hydrogen) atoms. The molecule has 2 aromatic carbocycles. The monoisotopic (exact) mass is 301 g/mol. The highest BCUT2D eigenvalue weighted by Gasteiger charge is 2.32. The molecule has 3 nitrogen and oxygen atoms in total. The minimum absolute atomic E-state index is 0.0341. The second-order valence-corrected chi connectivity index (χ2v) is 4.12. The standard InChI is InChI=1S/C14H11F4NO2/c1-20-12-7-8(6-10(15)13(12)19)9-4-2-3-5-11(9)21-14(16,17)18/h2-7H,19H2,1H3. The Kier molecular flexibility index (Phi) is 3.93. The van der Waals surface area contributed by atoms with Gasteiger partial charge in [-0.25, -0.2) is 4.39 Å². The maximum absolute atomic E-state index is 13.7. The van der Waals surface area contributed by atoms with Crippen molar-refractivity contribution in [3.8, 4) is 22.6 Å². The number of anilines is 1. The summed E-state index contributed by atoms with van der Waals surface area (Å²) in [5.74, 6) is -1.19. The fraction of sp³-hybridized carbons (Fsp3) is 0.143. The summed E-state index contributed by atoms with van der Waals surface area (Å²) in [7, 11) is 1.28. The smallest absolute Gasteiger partial charge is 0.494 e. The molecule has 0 atom stereocenters. The van der Waals surface area contributed by atoms with Crippen LogP contribution in [0.3, 0.4) is 0 Å². The highest BCUT2D eigenvalue weighted by molar-refractivity contribution is 5.74. The van der Waals surface area contributed by atoms with Crippen LogP contribution in [0.5, 0.6) is 11.5 Å². The Morgan fingerprint density at radius 1 is 1.05 bits per heavy atom. The average Bonchev–Trinajstić information content (AvgIpc) is 2.40. The van der Waals surface area contributed by atoms with Crippen molar-refractivity contribution in [2.24, 2.45) is 0 Å². The van der Waals surface area contributed by atoms with Crippen LogP contribution < -0.4 is 15.2 Å². The van der Waals surface area contributed by atoms with E-state index in [2.05, 4.69) is 4.74 Å². The predicted molar refractivity (Wildman–Crippen MR) is 69.5 cm³/mol. The van der Waals surface area contributed by atoms with Gasteiger partial charge in [-0.15, -0.1) is 13.2 Å². The third-order valence-corrected chi connectivity index (χ3v) is 2.74. The number of para-hydroxylation sites is 1. The first-order chi connectivity index (χ1) is 9.81. The number of nitrogen functional groups attached to an aromatic ring is 1. The van der Waals surface area contributed by atoms with Gasteiger partial charge < -0.3 is 15.2 Å². The van der Waals surface area contributed by atoms with E-state index in [0.29, 0.717) is 0 Å². The summed E-state index contributed by atoms with van der Waals surface area (Å²) < 4.78 is 59.7. The van der Waals surface area contributed by atoms with E-state index < -0.39 is 17.9 Å². The fourth-order valence-electron chi connectivity index (χ4n) is 1.84. The van der Waals surface area contributed by atoms with E-state index in [1.54, 1.807) is 0 Å². The zero-order valence-electron chi connectivity index (χ0n) is 10.9. The summed E-state index contributed by atoms with van der Waals surface area (Å²) in [6, 6.07) is 7.79. The minimum Gasteiger partial charge on any atom is -0.494 e. The Bertz CT molecular complexity index is 656. The summed E-state index contributed by atoms with van der Waals surface area (Å²) >= 11 is 0. The lowest BCUT2D eigenvalue weighted by atomic mass is 10.0. The number of hydrogen-bond acceptors (Lipinski definition) is 3. The second kappa shape index (κ2) is 5.51. The van der Waals surface area contributed by atoms with Crippen LogP contribution in [-0.2, 0) is 0 Å². The minimum atomic E-state index is -4.84. The van der Waals surface area contributed by atoms with Gasteiger partial charge in [0.05, 0.1) is 7.11 Å². The molecule has 2 rings (SSSR count). The Morgan fingerprint density at radius 3 is 2.33 bits per heavy atom. The molecular formula is C14H11F4NO2. The highest BCUT2D eigenvalue weighted by atomic mass is 19.4. The van der Waals surface area contributed by atoms with Crippen LogP contribution in [-0.4, -0.2) is 13.5 Å². The van der Waals surface area contributed by atoms with Crippen molar-refractivity contribution < 1.29 is 27.0 Å². The number of alkyl halides is 3.